The number of rotatable bonds is 4. The number of nitrogens with zero attached hydrogens (tertiary/aromatic N) is 2. The summed E-state index contributed by atoms with van der Waals surface area (Å²) in [6.07, 6.45) is 3.01. The van der Waals surface area contributed by atoms with Crippen molar-refractivity contribution in [2.75, 3.05) is 26.0 Å². The maximum Gasteiger partial charge on any atom is 0.254 e. The standard InChI is InChI=1S/C18H25N3O2S/c1-18(9-11-24-17(19)20-18)14-7-5-13(6-8-14)16(22)21-10-3-4-15(21)12-23-2/h5-8,15H,3-4,9-12H2,1-2H3,(H2,19,20). The molecular weight excluding hydrogens is 322 g/mol. The maximum absolute atomic E-state index is 12.8. The zero-order valence-electron chi connectivity index (χ0n) is 14.3. The van der Waals surface area contributed by atoms with Gasteiger partial charge in [-0.2, -0.15) is 0 Å². The van der Waals surface area contributed by atoms with Gasteiger partial charge in [-0.05, 0) is 43.9 Å². The second-order valence-corrected chi connectivity index (χ2v) is 7.76. The zero-order chi connectivity index (χ0) is 17.2. The Morgan fingerprint density at radius 3 is 2.88 bits per heavy atom. The highest BCUT2D eigenvalue weighted by Gasteiger charge is 2.31. The number of ether oxygens (including phenoxy) is 1. The number of amides is 1. The Labute approximate surface area is 147 Å². The Balaban J connectivity index is 1.77. The average molecular weight is 347 g/mol. The minimum absolute atomic E-state index is 0.0912. The molecule has 0 saturated carbocycles. The van der Waals surface area contributed by atoms with Crippen LogP contribution in [-0.2, 0) is 10.3 Å². The summed E-state index contributed by atoms with van der Waals surface area (Å²) in [5.74, 6) is 1.06. The van der Waals surface area contributed by atoms with Crippen molar-refractivity contribution in [3.05, 3.63) is 35.4 Å². The number of methoxy groups -OCH3 is 1. The van der Waals surface area contributed by atoms with Gasteiger partial charge in [0.25, 0.3) is 5.91 Å². The smallest absolute Gasteiger partial charge is 0.254 e. The van der Waals surface area contributed by atoms with Crippen LogP contribution in [-0.4, -0.2) is 48.0 Å². The predicted octanol–water partition coefficient (Wildman–Crippen LogP) is 2.60. The summed E-state index contributed by atoms with van der Waals surface area (Å²) in [6.45, 7) is 3.52. The Morgan fingerprint density at radius 2 is 2.21 bits per heavy atom. The van der Waals surface area contributed by atoms with Gasteiger partial charge in [0.05, 0.1) is 18.2 Å². The van der Waals surface area contributed by atoms with Gasteiger partial charge in [-0.25, -0.2) is 0 Å². The van der Waals surface area contributed by atoms with Crippen LogP contribution in [0.4, 0.5) is 0 Å². The molecule has 0 bridgehead atoms. The third-order valence-electron chi connectivity index (χ3n) is 4.95. The molecule has 130 valence electrons. The average Bonchev–Trinajstić information content (AvgIpc) is 3.03. The van der Waals surface area contributed by atoms with Crippen LogP contribution in [0, 0.1) is 0 Å². The normalized spacial score (nSPS) is 27.2. The molecule has 5 nitrogen and oxygen atoms in total. The fourth-order valence-electron chi connectivity index (χ4n) is 3.50. The number of hydrogen-bond acceptors (Lipinski definition) is 5. The van der Waals surface area contributed by atoms with Gasteiger partial charge in [-0.1, -0.05) is 23.9 Å². The number of benzene rings is 1. The number of nitrogens with two attached hydrogens (primary N) is 1. The van der Waals surface area contributed by atoms with Crippen molar-refractivity contribution in [1.29, 1.82) is 0 Å². The summed E-state index contributed by atoms with van der Waals surface area (Å²) in [4.78, 5) is 19.3. The molecule has 0 aliphatic carbocycles. The first-order valence-corrected chi connectivity index (χ1v) is 9.40. The highest BCUT2D eigenvalue weighted by atomic mass is 32.2. The summed E-state index contributed by atoms with van der Waals surface area (Å²) >= 11 is 1.60. The van der Waals surface area contributed by atoms with Gasteiger partial charge in [-0.15, -0.1) is 0 Å². The number of thioether (sulfide) groups is 1. The van der Waals surface area contributed by atoms with Gasteiger partial charge in [-0.3, -0.25) is 9.79 Å². The lowest BCUT2D eigenvalue weighted by molar-refractivity contribution is 0.0630. The van der Waals surface area contributed by atoms with E-state index in [1.807, 2.05) is 29.2 Å². The Morgan fingerprint density at radius 1 is 1.46 bits per heavy atom. The monoisotopic (exact) mass is 347 g/mol. The predicted molar refractivity (Wildman–Crippen MR) is 98.4 cm³/mol. The van der Waals surface area contributed by atoms with E-state index in [4.69, 9.17) is 10.5 Å². The molecule has 2 heterocycles. The molecule has 1 aromatic carbocycles. The Bertz CT molecular complexity index is 632. The second-order valence-electron chi connectivity index (χ2n) is 6.65. The fraction of sp³-hybridized carbons (Fsp3) is 0.556. The van der Waals surface area contributed by atoms with E-state index in [0.717, 1.165) is 42.7 Å². The van der Waals surface area contributed by atoms with Crippen molar-refractivity contribution in [2.24, 2.45) is 10.7 Å². The highest BCUT2D eigenvalue weighted by Crippen LogP contribution is 2.35. The van der Waals surface area contributed by atoms with Gasteiger partial charge < -0.3 is 15.4 Å². The van der Waals surface area contributed by atoms with Crippen LogP contribution in [0.5, 0.6) is 0 Å². The van der Waals surface area contributed by atoms with Crippen LogP contribution in [0.15, 0.2) is 29.3 Å². The molecule has 1 amide bonds. The van der Waals surface area contributed by atoms with Crippen molar-refractivity contribution in [1.82, 2.24) is 4.90 Å². The van der Waals surface area contributed by atoms with E-state index in [9.17, 15) is 4.79 Å². The first-order valence-electron chi connectivity index (χ1n) is 8.42. The topological polar surface area (TPSA) is 67.9 Å². The molecular formula is C18H25N3O2S. The summed E-state index contributed by atoms with van der Waals surface area (Å²) in [5, 5.41) is 0.642. The van der Waals surface area contributed by atoms with Crippen molar-refractivity contribution in [3.8, 4) is 0 Å². The molecule has 2 atom stereocenters. The molecule has 0 radical (unpaired) electrons. The molecule has 1 saturated heterocycles. The van der Waals surface area contributed by atoms with Crippen LogP contribution >= 0.6 is 11.8 Å². The van der Waals surface area contributed by atoms with Crippen molar-refractivity contribution in [3.63, 3.8) is 0 Å². The first-order chi connectivity index (χ1) is 11.5. The maximum atomic E-state index is 12.8. The highest BCUT2D eigenvalue weighted by molar-refractivity contribution is 8.13. The number of amidine groups is 1. The van der Waals surface area contributed by atoms with E-state index in [2.05, 4.69) is 11.9 Å². The molecule has 2 aliphatic rings. The van der Waals surface area contributed by atoms with Crippen LogP contribution < -0.4 is 5.73 Å². The minimum Gasteiger partial charge on any atom is -0.383 e. The van der Waals surface area contributed by atoms with Gasteiger partial charge in [0.2, 0.25) is 0 Å². The minimum atomic E-state index is -0.289. The van der Waals surface area contributed by atoms with Crippen LogP contribution in [0.1, 0.15) is 42.1 Å². The molecule has 1 fully saturated rings. The molecule has 2 aliphatic heterocycles. The van der Waals surface area contributed by atoms with Crippen molar-refractivity contribution in [2.45, 2.75) is 37.8 Å². The summed E-state index contributed by atoms with van der Waals surface area (Å²) < 4.78 is 5.24. The lowest BCUT2D eigenvalue weighted by Crippen LogP contribution is -2.38. The van der Waals surface area contributed by atoms with Gasteiger partial charge in [0.15, 0.2) is 5.17 Å². The largest absolute Gasteiger partial charge is 0.383 e. The van der Waals surface area contributed by atoms with E-state index < -0.39 is 0 Å². The van der Waals surface area contributed by atoms with Crippen LogP contribution in [0.3, 0.4) is 0 Å². The van der Waals surface area contributed by atoms with E-state index in [1.54, 1.807) is 18.9 Å². The number of carbonyl (C=O) groups excluding carboxylic acids is 1. The number of carbonyl (C=O) groups is 1. The molecule has 0 spiro atoms. The zero-order valence-corrected chi connectivity index (χ0v) is 15.1. The number of hydrogen-bond donors (Lipinski definition) is 1. The Hall–Kier alpha value is -1.53. The summed E-state index contributed by atoms with van der Waals surface area (Å²) in [5.41, 5.74) is 7.44. The van der Waals surface area contributed by atoms with E-state index in [-0.39, 0.29) is 17.5 Å². The summed E-state index contributed by atoms with van der Waals surface area (Å²) in [7, 11) is 1.69. The molecule has 1 aromatic rings. The quantitative estimate of drug-likeness (QED) is 0.909. The third-order valence-corrected chi connectivity index (χ3v) is 5.74. The van der Waals surface area contributed by atoms with Gasteiger partial charge in [0, 0.05) is 25.0 Å². The third kappa shape index (κ3) is 3.44. The van der Waals surface area contributed by atoms with E-state index in [1.165, 1.54) is 0 Å². The lowest BCUT2D eigenvalue weighted by Gasteiger charge is -2.30. The SMILES string of the molecule is COCC1CCCN1C(=O)c1ccc(C2(C)CCSC(N)=N2)cc1. The van der Waals surface area contributed by atoms with Crippen LogP contribution in [0.25, 0.3) is 0 Å². The lowest BCUT2D eigenvalue weighted by atomic mass is 9.89. The summed E-state index contributed by atoms with van der Waals surface area (Å²) in [6, 6.07) is 8.05. The molecule has 2 N–H and O–H groups in total. The first kappa shape index (κ1) is 17.3. The van der Waals surface area contributed by atoms with Gasteiger partial charge >= 0.3 is 0 Å². The molecule has 24 heavy (non-hydrogen) atoms. The fourth-order valence-corrected chi connectivity index (χ4v) is 4.48. The molecule has 6 heteroatoms. The molecule has 0 aromatic heterocycles. The molecule has 3 rings (SSSR count). The van der Waals surface area contributed by atoms with Crippen LogP contribution in [0.2, 0.25) is 0 Å². The number of aliphatic imine (C=N–C) groups is 1. The molecule has 2 unspecified atom stereocenters. The van der Waals surface area contributed by atoms with E-state index >= 15 is 0 Å². The number of likely N-dealkylation sites (tertiary alicyclic amines) is 1. The van der Waals surface area contributed by atoms with Crippen molar-refractivity contribution >= 4 is 22.8 Å². The van der Waals surface area contributed by atoms with Gasteiger partial charge in [0.1, 0.15) is 0 Å². The van der Waals surface area contributed by atoms with E-state index in [0.29, 0.717) is 11.8 Å². The second kappa shape index (κ2) is 7.15. The Kier molecular flexibility index (Phi) is 5.15. The van der Waals surface area contributed by atoms with Crippen molar-refractivity contribution < 1.29 is 9.53 Å².